The van der Waals surface area contributed by atoms with Crippen LogP contribution < -0.4 is 4.90 Å². The van der Waals surface area contributed by atoms with Gasteiger partial charge >= 0.3 is 0 Å². The molecule has 0 aromatic heterocycles. The molecule has 106 valence electrons. The minimum Gasteiger partial charge on any atom is -0.363 e. The Labute approximate surface area is 117 Å². The highest BCUT2D eigenvalue weighted by atomic mass is 16.6. The van der Waals surface area contributed by atoms with Crippen LogP contribution in [0.15, 0.2) is 30.9 Å². The molecule has 6 heteroatoms. The van der Waals surface area contributed by atoms with Gasteiger partial charge in [-0.25, -0.2) is 0 Å². The Hall–Kier alpha value is -2.21. The van der Waals surface area contributed by atoms with Gasteiger partial charge in [0.05, 0.1) is 4.92 Å². The smallest absolute Gasteiger partial charge is 0.293 e. The molecule has 0 saturated carbocycles. The molecule has 0 radical (unpaired) electrons. The van der Waals surface area contributed by atoms with Crippen LogP contribution in [0.5, 0.6) is 0 Å². The van der Waals surface area contributed by atoms with E-state index in [1.54, 1.807) is 12.1 Å². The van der Waals surface area contributed by atoms with E-state index in [-0.39, 0.29) is 5.69 Å². The van der Waals surface area contributed by atoms with Crippen LogP contribution in [0, 0.1) is 10.1 Å². The number of anilines is 1. The summed E-state index contributed by atoms with van der Waals surface area (Å²) in [5.41, 5.74) is 0.899. The zero-order valence-corrected chi connectivity index (χ0v) is 11.2. The number of rotatable bonds is 5. The minimum absolute atomic E-state index is 0.00762. The molecule has 6 nitrogen and oxygen atoms in total. The van der Waals surface area contributed by atoms with Crippen LogP contribution >= 0.6 is 0 Å². The van der Waals surface area contributed by atoms with Crippen molar-refractivity contribution >= 4 is 17.7 Å². The van der Waals surface area contributed by atoms with Crippen LogP contribution in [0.2, 0.25) is 0 Å². The SMILES string of the molecule is C=CCN1CCN(c2ccc(C=O)cc2[N+](=O)[O-])CC1. The number of nitro groups is 1. The molecule has 0 bridgehead atoms. The first-order valence-electron chi connectivity index (χ1n) is 6.47. The summed E-state index contributed by atoms with van der Waals surface area (Å²) in [6, 6.07) is 4.61. The van der Waals surface area contributed by atoms with Crippen molar-refractivity contribution in [3.05, 3.63) is 46.5 Å². The van der Waals surface area contributed by atoms with E-state index in [0.29, 0.717) is 17.5 Å². The van der Waals surface area contributed by atoms with Crippen LogP contribution in [0.1, 0.15) is 10.4 Å². The monoisotopic (exact) mass is 275 g/mol. The molecule has 1 aliphatic rings. The second kappa shape index (κ2) is 6.29. The maximum atomic E-state index is 11.1. The lowest BCUT2D eigenvalue weighted by molar-refractivity contribution is -0.384. The molecule has 1 heterocycles. The van der Waals surface area contributed by atoms with Crippen molar-refractivity contribution in [2.75, 3.05) is 37.6 Å². The zero-order valence-electron chi connectivity index (χ0n) is 11.2. The fourth-order valence-corrected chi connectivity index (χ4v) is 2.38. The number of nitro benzene ring substituents is 1. The minimum atomic E-state index is -0.432. The van der Waals surface area contributed by atoms with Crippen LogP contribution in [0.25, 0.3) is 0 Å². The summed E-state index contributed by atoms with van der Waals surface area (Å²) in [5.74, 6) is 0. The second-order valence-electron chi connectivity index (χ2n) is 4.70. The summed E-state index contributed by atoms with van der Waals surface area (Å²) >= 11 is 0. The number of piperazine rings is 1. The van der Waals surface area contributed by atoms with Gasteiger partial charge in [0, 0.05) is 44.4 Å². The molecule has 20 heavy (non-hydrogen) atoms. The summed E-state index contributed by atoms with van der Waals surface area (Å²) in [5, 5.41) is 11.1. The number of hydrogen-bond donors (Lipinski definition) is 0. The Morgan fingerprint density at radius 3 is 2.55 bits per heavy atom. The van der Waals surface area contributed by atoms with Crippen molar-refractivity contribution in [2.45, 2.75) is 0 Å². The van der Waals surface area contributed by atoms with Gasteiger partial charge in [-0.15, -0.1) is 6.58 Å². The van der Waals surface area contributed by atoms with E-state index in [9.17, 15) is 14.9 Å². The van der Waals surface area contributed by atoms with E-state index in [1.165, 1.54) is 6.07 Å². The molecule has 1 aromatic rings. The third kappa shape index (κ3) is 3.03. The second-order valence-corrected chi connectivity index (χ2v) is 4.70. The Kier molecular flexibility index (Phi) is 4.47. The van der Waals surface area contributed by atoms with Gasteiger partial charge in [0.15, 0.2) is 0 Å². The van der Waals surface area contributed by atoms with Gasteiger partial charge in [0.25, 0.3) is 5.69 Å². The summed E-state index contributed by atoms with van der Waals surface area (Å²) < 4.78 is 0. The fourth-order valence-electron chi connectivity index (χ4n) is 2.38. The average Bonchev–Trinajstić information content (AvgIpc) is 2.48. The highest BCUT2D eigenvalue weighted by Crippen LogP contribution is 2.29. The number of carbonyl (C=O) groups excluding carboxylic acids is 1. The fraction of sp³-hybridized carbons (Fsp3) is 0.357. The summed E-state index contributed by atoms with van der Waals surface area (Å²) in [6.07, 6.45) is 2.48. The molecule has 0 aliphatic carbocycles. The Balaban J connectivity index is 2.19. The average molecular weight is 275 g/mol. The molecule has 2 rings (SSSR count). The van der Waals surface area contributed by atoms with E-state index in [0.717, 1.165) is 32.7 Å². The molecule has 0 spiro atoms. The maximum absolute atomic E-state index is 11.1. The van der Waals surface area contributed by atoms with Gasteiger partial charge in [0.1, 0.15) is 12.0 Å². The summed E-state index contributed by atoms with van der Waals surface area (Å²) in [4.78, 5) is 25.7. The predicted octanol–water partition coefficient (Wildman–Crippen LogP) is 1.72. The molecule has 1 aromatic carbocycles. The number of aldehydes is 1. The lowest BCUT2D eigenvalue weighted by atomic mass is 10.1. The number of nitrogens with zero attached hydrogens (tertiary/aromatic N) is 3. The maximum Gasteiger partial charge on any atom is 0.293 e. The number of carbonyl (C=O) groups is 1. The van der Waals surface area contributed by atoms with E-state index < -0.39 is 4.92 Å². The van der Waals surface area contributed by atoms with Gasteiger partial charge in [-0.05, 0) is 12.1 Å². The molecule has 1 saturated heterocycles. The van der Waals surface area contributed by atoms with E-state index in [4.69, 9.17) is 0 Å². The molecular weight excluding hydrogens is 258 g/mol. The standard InChI is InChI=1S/C14H17N3O3/c1-2-5-15-6-8-16(9-7-15)13-4-3-12(11-18)10-14(13)17(19)20/h2-4,10-11H,1,5-9H2. The normalized spacial score (nSPS) is 15.9. The van der Waals surface area contributed by atoms with E-state index >= 15 is 0 Å². The highest BCUT2D eigenvalue weighted by molar-refractivity contribution is 5.79. The van der Waals surface area contributed by atoms with Crippen molar-refractivity contribution in [2.24, 2.45) is 0 Å². The first-order chi connectivity index (χ1) is 9.65. The van der Waals surface area contributed by atoms with Gasteiger partial charge in [-0.1, -0.05) is 6.08 Å². The third-order valence-electron chi connectivity index (χ3n) is 3.43. The molecule has 0 unspecified atom stereocenters. The van der Waals surface area contributed by atoms with Gasteiger partial charge in [0.2, 0.25) is 0 Å². The van der Waals surface area contributed by atoms with Crippen LogP contribution in [0.4, 0.5) is 11.4 Å². The predicted molar refractivity (Wildman–Crippen MR) is 77.3 cm³/mol. The summed E-state index contributed by atoms with van der Waals surface area (Å²) in [7, 11) is 0. The van der Waals surface area contributed by atoms with Gasteiger partial charge < -0.3 is 4.90 Å². The molecule has 1 aliphatic heterocycles. The number of benzene rings is 1. The third-order valence-corrected chi connectivity index (χ3v) is 3.43. The largest absolute Gasteiger partial charge is 0.363 e. The van der Waals surface area contributed by atoms with E-state index in [2.05, 4.69) is 11.5 Å². The van der Waals surface area contributed by atoms with Crippen molar-refractivity contribution in [1.82, 2.24) is 4.90 Å². The quantitative estimate of drug-likeness (QED) is 0.354. The van der Waals surface area contributed by atoms with Gasteiger partial charge in [-0.3, -0.25) is 19.8 Å². The Morgan fingerprint density at radius 2 is 2.00 bits per heavy atom. The summed E-state index contributed by atoms with van der Waals surface area (Å²) in [6.45, 7) is 7.70. The van der Waals surface area contributed by atoms with Crippen LogP contribution in [-0.4, -0.2) is 48.8 Å². The van der Waals surface area contributed by atoms with Crippen molar-refractivity contribution in [1.29, 1.82) is 0 Å². The van der Waals surface area contributed by atoms with Crippen LogP contribution in [0.3, 0.4) is 0 Å². The first kappa shape index (κ1) is 14.2. The lowest BCUT2D eigenvalue weighted by Gasteiger charge is -2.35. The molecule has 0 N–H and O–H groups in total. The van der Waals surface area contributed by atoms with Crippen molar-refractivity contribution in [3.8, 4) is 0 Å². The lowest BCUT2D eigenvalue weighted by Crippen LogP contribution is -2.46. The molecule has 0 atom stereocenters. The Morgan fingerprint density at radius 1 is 1.30 bits per heavy atom. The van der Waals surface area contributed by atoms with Crippen LogP contribution in [-0.2, 0) is 0 Å². The topological polar surface area (TPSA) is 66.7 Å². The highest BCUT2D eigenvalue weighted by Gasteiger charge is 2.23. The van der Waals surface area contributed by atoms with Gasteiger partial charge in [-0.2, -0.15) is 0 Å². The molecular formula is C14H17N3O3. The van der Waals surface area contributed by atoms with Crippen molar-refractivity contribution < 1.29 is 9.72 Å². The number of hydrogen-bond acceptors (Lipinski definition) is 5. The molecule has 1 fully saturated rings. The van der Waals surface area contributed by atoms with E-state index in [1.807, 2.05) is 11.0 Å². The zero-order chi connectivity index (χ0) is 14.5. The first-order valence-corrected chi connectivity index (χ1v) is 6.47. The van der Waals surface area contributed by atoms with Crippen molar-refractivity contribution in [3.63, 3.8) is 0 Å². The molecule has 0 amide bonds. The Bertz CT molecular complexity index is 522.